The highest BCUT2D eigenvalue weighted by Crippen LogP contribution is 2.53. The summed E-state index contributed by atoms with van der Waals surface area (Å²) in [5, 5.41) is 12.3. The third-order valence-corrected chi connectivity index (χ3v) is 6.13. The van der Waals surface area contributed by atoms with E-state index in [1.165, 1.54) is 19.1 Å². The first-order chi connectivity index (χ1) is 15.4. The van der Waals surface area contributed by atoms with Crippen LogP contribution in [0.3, 0.4) is 0 Å². The number of halogens is 1. The molecule has 32 heavy (non-hydrogen) atoms. The number of anilines is 1. The Morgan fingerprint density at radius 1 is 1.03 bits per heavy atom. The molecule has 1 N–H and O–H groups in total. The van der Waals surface area contributed by atoms with Crippen molar-refractivity contribution in [3.05, 3.63) is 101 Å². The van der Waals surface area contributed by atoms with Crippen molar-refractivity contribution in [1.29, 1.82) is 0 Å². The molecule has 0 bridgehead atoms. The van der Waals surface area contributed by atoms with Crippen molar-refractivity contribution < 1.29 is 24.2 Å². The zero-order valence-electron chi connectivity index (χ0n) is 17.6. The summed E-state index contributed by atoms with van der Waals surface area (Å²) in [6.45, 7) is -0.0807. The average Bonchev–Trinajstić information content (AvgIpc) is 3.03. The number of benzene rings is 3. The second kappa shape index (κ2) is 8.39. The molecule has 0 aliphatic carbocycles. The molecular formula is C25H22ClNO5. The van der Waals surface area contributed by atoms with Gasteiger partial charge in [-0.25, -0.2) is 4.79 Å². The number of para-hydroxylation sites is 1. The van der Waals surface area contributed by atoms with Gasteiger partial charge in [0.1, 0.15) is 0 Å². The van der Waals surface area contributed by atoms with E-state index in [9.17, 15) is 14.7 Å². The normalized spacial score (nSPS) is 19.4. The quantitative estimate of drug-likeness (QED) is 0.577. The average molecular weight is 452 g/mol. The van der Waals surface area contributed by atoms with Crippen molar-refractivity contribution in [2.24, 2.45) is 0 Å². The second-order valence-electron chi connectivity index (χ2n) is 7.52. The van der Waals surface area contributed by atoms with Gasteiger partial charge in [0.25, 0.3) is 5.91 Å². The van der Waals surface area contributed by atoms with Crippen molar-refractivity contribution in [1.82, 2.24) is 0 Å². The molecule has 1 heterocycles. The fourth-order valence-electron chi connectivity index (χ4n) is 4.23. The van der Waals surface area contributed by atoms with Crippen molar-refractivity contribution in [2.45, 2.75) is 17.8 Å². The van der Waals surface area contributed by atoms with E-state index in [1.807, 2.05) is 30.3 Å². The van der Waals surface area contributed by atoms with E-state index in [1.54, 1.807) is 48.5 Å². The van der Waals surface area contributed by atoms with Crippen LogP contribution in [0.2, 0.25) is 5.02 Å². The van der Waals surface area contributed by atoms with Gasteiger partial charge >= 0.3 is 5.97 Å². The number of carbonyl (C=O) groups excluding carboxylic acids is 2. The zero-order chi connectivity index (χ0) is 22.9. The van der Waals surface area contributed by atoms with Crippen molar-refractivity contribution in [3.63, 3.8) is 0 Å². The predicted molar refractivity (Wildman–Crippen MR) is 120 cm³/mol. The Morgan fingerprint density at radius 2 is 1.66 bits per heavy atom. The molecule has 3 aromatic carbocycles. The standard InChI is InChI=1S/C25H22ClNO5/c1-27-21-15-9-7-13-19(21)24(30,22(27)28)25(23(29)31-2,18-12-6-8-14-20(18)26)32-16-17-10-4-3-5-11-17/h3-15,30H,16H2,1-2H3/t24-,25+/m1/s1. The van der Waals surface area contributed by atoms with E-state index in [0.717, 1.165) is 5.56 Å². The van der Waals surface area contributed by atoms with Gasteiger partial charge in [0.05, 0.1) is 19.4 Å². The Hall–Kier alpha value is -3.19. The van der Waals surface area contributed by atoms with Crippen LogP contribution in [0.5, 0.6) is 0 Å². The number of aliphatic hydroxyl groups is 1. The molecule has 1 amide bonds. The third-order valence-electron chi connectivity index (χ3n) is 5.80. The molecule has 0 radical (unpaired) electrons. The Balaban J connectivity index is 2.02. The van der Waals surface area contributed by atoms with Gasteiger partial charge in [0, 0.05) is 23.2 Å². The maximum absolute atomic E-state index is 13.6. The maximum Gasteiger partial charge on any atom is 0.347 e. The van der Waals surface area contributed by atoms with Gasteiger partial charge in [-0.3, -0.25) is 4.79 Å². The topological polar surface area (TPSA) is 76.1 Å². The van der Waals surface area contributed by atoms with E-state index in [0.29, 0.717) is 5.69 Å². The summed E-state index contributed by atoms with van der Waals surface area (Å²) in [5.41, 5.74) is -3.14. The van der Waals surface area contributed by atoms with Crippen LogP contribution < -0.4 is 4.90 Å². The number of rotatable bonds is 6. The molecule has 0 fully saturated rings. The molecule has 1 aliphatic rings. The lowest BCUT2D eigenvalue weighted by molar-refractivity contribution is -0.220. The molecule has 164 valence electrons. The first-order valence-electron chi connectivity index (χ1n) is 9.99. The van der Waals surface area contributed by atoms with Crippen LogP contribution in [-0.2, 0) is 36.9 Å². The van der Waals surface area contributed by atoms with E-state index in [-0.39, 0.29) is 22.8 Å². The number of nitrogens with zero attached hydrogens (tertiary/aromatic N) is 1. The van der Waals surface area contributed by atoms with Crippen LogP contribution in [0.15, 0.2) is 78.9 Å². The van der Waals surface area contributed by atoms with Gasteiger partial charge < -0.3 is 19.5 Å². The van der Waals surface area contributed by atoms with Crippen molar-refractivity contribution in [2.75, 3.05) is 19.1 Å². The first-order valence-corrected chi connectivity index (χ1v) is 10.4. The van der Waals surface area contributed by atoms with Crippen molar-refractivity contribution in [3.8, 4) is 0 Å². The van der Waals surface area contributed by atoms with E-state index in [4.69, 9.17) is 21.1 Å². The number of hydrogen-bond donors (Lipinski definition) is 1. The van der Waals surface area contributed by atoms with Gasteiger partial charge in [-0.2, -0.15) is 0 Å². The summed E-state index contributed by atoms with van der Waals surface area (Å²) in [5.74, 6) is -1.67. The molecule has 0 spiro atoms. The molecule has 2 atom stereocenters. The number of hydrogen-bond acceptors (Lipinski definition) is 5. The van der Waals surface area contributed by atoms with Crippen LogP contribution in [-0.4, -0.2) is 31.1 Å². The second-order valence-corrected chi connectivity index (χ2v) is 7.93. The van der Waals surface area contributed by atoms with Crippen molar-refractivity contribution >= 4 is 29.2 Å². The number of carbonyl (C=O) groups is 2. The summed E-state index contributed by atoms with van der Waals surface area (Å²) in [6, 6.07) is 22.3. The lowest BCUT2D eigenvalue weighted by Gasteiger charge is -2.42. The Labute approximate surface area is 191 Å². The van der Waals surface area contributed by atoms with Crippen LogP contribution in [0.1, 0.15) is 16.7 Å². The molecule has 7 heteroatoms. The molecule has 4 rings (SSSR count). The molecule has 1 aliphatic heterocycles. The number of likely N-dealkylation sites (N-methyl/N-ethyl adjacent to an activating group) is 1. The summed E-state index contributed by atoms with van der Waals surface area (Å²) in [4.78, 5) is 28.4. The molecule has 0 unspecified atom stereocenters. The monoisotopic (exact) mass is 451 g/mol. The lowest BCUT2D eigenvalue weighted by atomic mass is 9.73. The Morgan fingerprint density at radius 3 is 2.34 bits per heavy atom. The predicted octanol–water partition coefficient (Wildman–Crippen LogP) is 3.79. The SMILES string of the molecule is COC(=O)[C@@](OCc1ccccc1)(c1ccccc1Cl)[C@]1(O)C(=O)N(C)c2ccccc21. The Bertz CT molecular complexity index is 1170. The smallest absolute Gasteiger partial charge is 0.347 e. The lowest BCUT2D eigenvalue weighted by Crippen LogP contribution is -2.61. The van der Waals surface area contributed by atoms with Gasteiger partial charge in [0.2, 0.25) is 11.2 Å². The van der Waals surface area contributed by atoms with E-state index in [2.05, 4.69) is 0 Å². The highest BCUT2D eigenvalue weighted by molar-refractivity contribution is 6.32. The number of fused-ring (bicyclic) bond motifs is 1. The minimum atomic E-state index is -2.43. The molecule has 0 aromatic heterocycles. The molecular weight excluding hydrogens is 430 g/mol. The zero-order valence-corrected chi connectivity index (χ0v) is 18.4. The maximum atomic E-state index is 13.6. The van der Waals surface area contributed by atoms with Gasteiger partial charge in [-0.15, -0.1) is 0 Å². The van der Waals surface area contributed by atoms with Gasteiger partial charge in [-0.1, -0.05) is 78.3 Å². The van der Waals surface area contributed by atoms with Gasteiger partial charge in [0.15, 0.2) is 0 Å². The summed E-state index contributed by atoms with van der Waals surface area (Å²) in [6.07, 6.45) is 0. The highest BCUT2D eigenvalue weighted by Gasteiger charge is 2.69. The van der Waals surface area contributed by atoms with Crippen LogP contribution in [0.4, 0.5) is 5.69 Å². The number of esters is 1. The molecule has 6 nitrogen and oxygen atoms in total. The highest BCUT2D eigenvalue weighted by atomic mass is 35.5. The minimum absolute atomic E-state index is 0.0807. The summed E-state index contributed by atoms with van der Waals surface area (Å²) in [7, 11) is 2.71. The molecule has 3 aromatic rings. The fraction of sp³-hybridized carbons (Fsp3) is 0.200. The van der Waals surface area contributed by atoms with Gasteiger partial charge in [-0.05, 0) is 17.7 Å². The van der Waals surface area contributed by atoms with E-state index < -0.39 is 23.1 Å². The largest absolute Gasteiger partial charge is 0.467 e. The molecule has 0 saturated heterocycles. The number of amides is 1. The minimum Gasteiger partial charge on any atom is -0.467 e. The summed E-state index contributed by atoms with van der Waals surface area (Å²) < 4.78 is 11.4. The summed E-state index contributed by atoms with van der Waals surface area (Å²) >= 11 is 6.52. The number of ether oxygens (including phenoxy) is 2. The van der Waals surface area contributed by atoms with Crippen LogP contribution >= 0.6 is 11.6 Å². The van der Waals surface area contributed by atoms with E-state index >= 15 is 0 Å². The first kappa shape index (κ1) is 22.0. The van der Waals surface area contributed by atoms with Crippen LogP contribution in [0.25, 0.3) is 0 Å². The third kappa shape index (κ3) is 3.11. The Kier molecular flexibility index (Phi) is 5.77. The van der Waals surface area contributed by atoms with Crippen LogP contribution in [0, 0.1) is 0 Å². The number of methoxy groups -OCH3 is 1. The molecule has 0 saturated carbocycles. The fourth-order valence-corrected chi connectivity index (χ4v) is 4.50.